The summed E-state index contributed by atoms with van der Waals surface area (Å²) in [6.07, 6.45) is 18.2. The van der Waals surface area contributed by atoms with Gasteiger partial charge in [-0.2, -0.15) is 0 Å². The number of fused-ring (bicyclic) bond motifs is 2. The molecule has 0 aromatic carbocycles. The third-order valence-electron chi connectivity index (χ3n) is 5.41. The molecule has 7 nitrogen and oxygen atoms in total. The number of imide groups is 2. The van der Waals surface area contributed by atoms with Crippen LogP contribution in [0.3, 0.4) is 0 Å². The number of amides is 4. The number of hydroxylamine groups is 4. The topological polar surface area (TPSA) is 84.0 Å². The SMILES string of the molecule is C#CC1(C)C=CC=C2C(=O)N(ON3C(=O)C4=CC=CC(C)(C#CC)C=C4C3=O)C(=O)C2=C1. The first kappa shape index (κ1) is 21.0. The summed E-state index contributed by atoms with van der Waals surface area (Å²) in [4.78, 5) is 56.9. The largest absolute Gasteiger partial charge is 0.287 e. The molecule has 4 aliphatic rings. The van der Waals surface area contributed by atoms with E-state index in [0.717, 1.165) is 0 Å². The second-order valence-electron chi connectivity index (χ2n) is 7.97. The van der Waals surface area contributed by atoms with Crippen molar-refractivity contribution < 1.29 is 24.1 Å². The van der Waals surface area contributed by atoms with Gasteiger partial charge in [-0.3, -0.25) is 19.2 Å². The van der Waals surface area contributed by atoms with E-state index in [1.165, 1.54) is 18.2 Å². The zero-order chi connectivity index (χ0) is 23.3. The molecule has 2 fully saturated rings. The van der Waals surface area contributed by atoms with E-state index >= 15 is 0 Å². The summed E-state index contributed by atoms with van der Waals surface area (Å²) in [5, 5.41) is 0.811. The number of hydrogen-bond acceptors (Lipinski definition) is 5. The summed E-state index contributed by atoms with van der Waals surface area (Å²) in [5.41, 5.74) is -1.39. The number of carbonyl (C=O) groups excluding carboxylic acids is 4. The lowest BCUT2D eigenvalue weighted by Crippen LogP contribution is -2.41. The van der Waals surface area contributed by atoms with E-state index in [1.807, 2.05) is 0 Å². The molecule has 158 valence electrons. The maximum absolute atomic E-state index is 13.0. The van der Waals surface area contributed by atoms with Crippen molar-refractivity contribution in [3.63, 3.8) is 0 Å². The number of terminal acetylenes is 1. The molecule has 0 spiro atoms. The summed E-state index contributed by atoms with van der Waals surface area (Å²) in [5.74, 6) is 5.14. The molecule has 4 rings (SSSR count). The quantitative estimate of drug-likeness (QED) is 0.499. The molecule has 0 radical (unpaired) electrons. The summed E-state index contributed by atoms with van der Waals surface area (Å²) >= 11 is 0. The lowest BCUT2D eigenvalue weighted by atomic mass is 9.88. The van der Waals surface area contributed by atoms with Crippen LogP contribution in [-0.2, 0) is 24.1 Å². The summed E-state index contributed by atoms with van der Waals surface area (Å²) < 4.78 is 0. The Morgan fingerprint density at radius 1 is 0.781 bits per heavy atom. The molecule has 2 aliphatic carbocycles. The van der Waals surface area contributed by atoms with E-state index in [-0.39, 0.29) is 22.3 Å². The van der Waals surface area contributed by atoms with E-state index in [9.17, 15) is 19.2 Å². The lowest BCUT2D eigenvalue weighted by molar-refractivity contribution is -0.266. The Hall–Kier alpha value is -4.20. The highest BCUT2D eigenvalue weighted by Gasteiger charge is 2.48. The minimum Gasteiger partial charge on any atom is -0.266 e. The van der Waals surface area contributed by atoms with E-state index < -0.39 is 34.5 Å². The van der Waals surface area contributed by atoms with Crippen LogP contribution in [0.15, 0.2) is 70.9 Å². The molecule has 0 saturated carbocycles. The van der Waals surface area contributed by atoms with Crippen molar-refractivity contribution in [3.8, 4) is 24.2 Å². The molecule has 0 N–H and O–H groups in total. The van der Waals surface area contributed by atoms with E-state index in [1.54, 1.807) is 51.2 Å². The van der Waals surface area contributed by atoms with Crippen molar-refractivity contribution in [1.82, 2.24) is 10.1 Å². The maximum atomic E-state index is 13.0. The third-order valence-corrected chi connectivity index (χ3v) is 5.41. The molecule has 2 saturated heterocycles. The number of carbonyl (C=O) groups is 4. The zero-order valence-corrected chi connectivity index (χ0v) is 17.6. The molecule has 2 aliphatic heterocycles. The van der Waals surface area contributed by atoms with Gasteiger partial charge in [0.05, 0.1) is 33.1 Å². The van der Waals surface area contributed by atoms with Crippen LogP contribution in [0.25, 0.3) is 0 Å². The predicted octanol–water partition coefficient (Wildman–Crippen LogP) is 2.08. The average molecular weight is 426 g/mol. The standard InChI is InChI=1S/C25H18N2O5/c1-5-11-25(4)13-8-10-17-19(15-25)23(31)27(21(17)29)32-26-20(28)16-9-7-12-24(3,6-2)14-18(16)22(26)30/h2,7-10,12-15H,1,3-4H3. The van der Waals surface area contributed by atoms with Crippen LogP contribution in [0.2, 0.25) is 0 Å². The predicted molar refractivity (Wildman–Crippen MR) is 114 cm³/mol. The minimum atomic E-state index is -0.890. The van der Waals surface area contributed by atoms with Crippen molar-refractivity contribution in [1.29, 1.82) is 0 Å². The molecule has 0 bridgehead atoms. The molecule has 2 heterocycles. The highest BCUT2D eigenvalue weighted by Crippen LogP contribution is 2.37. The summed E-state index contributed by atoms with van der Waals surface area (Å²) in [6, 6.07) is 0. The Morgan fingerprint density at radius 3 is 1.69 bits per heavy atom. The monoisotopic (exact) mass is 426 g/mol. The smallest absolute Gasteiger partial charge is 0.266 e. The van der Waals surface area contributed by atoms with Crippen molar-refractivity contribution >= 4 is 23.6 Å². The third kappa shape index (κ3) is 3.17. The highest BCUT2D eigenvalue weighted by atomic mass is 16.9. The fraction of sp³-hybridized carbons (Fsp3) is 0.200. The van der Waals surface area contributed by atoms with Crippen molar-refractivity contribution in [3.05, 3.63) is 70.9 Å². The molecule has 7 heteroatoms. The molecular formula is C25H18N2O5. The van der Waals surface area contributed by atoms with Crippen molar-refractivity contribution in [2.75, 3.05) is 0 Å². The van der Waals surface area contributed by atoms with Gasteiger partial charge < -0.3 is 0 Å². The van der Waals surface area contributed by atoms with Gasteiger partial charge in [-0.25, -0.2) is 0 Å². The Labute approximate surface area is 185 Å². The molecule has 2 unspecified atom stereocenters. The summed E-state index contributed by atoms with van der Waals surface area (Å²) in [7, 11) is 0. The minimum absolute atomic E-state index is 0.0425. The van der Waals surface area contributed by atoms with Crippen molar-refractivity contribution in [2.45, 2.75) is 20.8 Å². The summed E-state index contributed by atoms with van der Waals surface area (Å²) in [6.45, 7) is 5.17. The van der Waals surface area contributed by atoms with Crippen LogP contribution in [-0.4, -0.2) is 33.8 Å². The van der Waals surface area contributed by atoms with Crippen LogP contribution >= 0.6 is 0 Å². The van der Waals surface area contributed by atoms with Gasteiger partial charge in [-0.05, 0) is 45.1 Å². The van der Waals surface area contributed by atoms with Gasteiger partial charge >= 0.3 is 0 Å². The van der Waals surface area contributed by atoms with Crippen LogP contribution in [0.4, 0.5) is 0 Å². The second kappa shape index (κ2) is 7.19. The van der Waals surface area contributed by atoms with Gasteiger partial charge in [0.15, 0.2) is 0 Å². The average Bonchev–Trinajstić information content (AvgIpc) is 2.97. The van der Waals surface area contributed by atoms with Crippen LogP contribution in [0.1, 0.15) is 20.8 Å². The van der Waals surface area contributed by atoms with Gasteiger partial charge in [0, 0.05) is 0 Å². The van der Waals surface area contributed by atoms with E-state index in [4.69, 9.17) is 11.4 Å². The molecule has 4 amide bonds. The molecule has 0 aromatic heterocycles. The maximum Gasteiger partial charge on any atom is 0.287 e. The lowest BCUT2D eigenvalue weighted by Gasteiger charge is -2.19. The second-order valence-corrected chi connectivity index (χ2v) is 7.97. The van der Waals surface area contributed by atoms with Gasteiger partial charge in [-0.15, -0.1) is 27.4 Å². The van der Waals surface area contributed by atoms with Gasteiger partial charge in [-0.1, -0.05) is 36.1 Å². The van der Waals surface area contributed by atoms with E-state index in [0.29, 0.717) is 10.1 Å². The van der Waals surface area contributed by atoms with Crippen LogP contribution < -0.4 is 0 Å². The molecule has 0 aromatic rings. The van der Waals surface area contributed by atoms with Crippen molar-refractivity contribution in [2.24, 2.45) is 10.8 Å². The highest BCUT2D eigenvalue weighted by molar-refractivity contribution is 6.26. The van der Waals surface area contributed by atoms with Gasteiger partial charge in [0.2, 0.25) is 0 Å². The Bertz CT molecular complexity index is 1290. The number of hydrogen-bond donors (Lipinski definition) is 0. The van der Waals surface area contributed by atoms with Crippen LogP contribution in [0, 0.1) is 35.0 Å². The number of allylic oxidation sites excluding steroid dienone is 8. The first-order valence-corrected chi connectivity index (χ1v) is 9.76. The molecular weight excluding hydrogens is 408 g/mol. The molecule has 2 atom stereocenters. The fourth-order valence-corrected chi connectivity index (χ4v) is 3.74. The number of nitrogens with zero attached hydrogens (tertiary/aromatic N) is 2. The molecule has 32 heavy (non-hydrogen) atoms. The van der Waals surface area contributed by atoms with Gasteiger partial charge in [0.25, 0.3) is 23.6 Å². The normalized spacial score (nSPS) is 28.6. The first-order chi connectivity index (χ1) is 15.1. The van der Waals surface area contributed by atoms with Gasteiger partial charge in [0.1, 0.15) is 0 Å². The zero-order valence-electron chi connectivity index (χ0n) is 17.6. The Kier molecular flexibility index (Phi) is 4.73. The Morgan fingerprint density at radius 2 is 1.22 bits per heavy atom. The fourth-order valence-electron chi connectivity index (χ4n) is 3.74. The van der Waals surface area contributed by atoms with E-state index in [2.05, 4.69) is 17.8 Å². The Balaban J connectivity index is 1.68. The van der Waals surface area contributed by atoms with Crippen LogP contribution in [0.5, 0.6) is 0 Å². The first-order valence-electron chi connectivity index (χ1n) is 9.76. The number of rotatable bonds is 2.